The third-order valence-electron chi connectivity index (χ3n) is 3.43. The highest BCUT2D eigenvalue weighted by Crippen LogP contribution is 2.21. The molecule has 0 atom stereocenters. The van der Waals surface area contributed by atoms with Gasteiger partial charge in [-0.1, -0.05) is 44.5 Å². The number of carbonyl (C=O) groups excluding carboxylic acids is 3. The predicted octanol–water partition coefficient (Wildman–Crippen LogP) is 3.19. The molecule has 0 N–H and O–H groups in total. The highest BCUT2D eigenvalue weighted by atomic mass is 35.5. The Morgan fingerprint density at radius 2 is 1.83 bits per heavy atom. The van der Waals surface area contributed by atoms with E-state index in [1.165, 1.54) is 6.08 Å². The molecular weight excluding hydrogens is 316 g/mol. The molecular formula is C17H19ClN2O3. The Morgan fingerprint density at radius 1 is 1.17 bits per heavy atom. The molecule has 1 aromatic carbocycles. The Kier molecular flexibility index (Phi) is 4.90. The van der Waals surface area contributed by atoms with Crippen molar-refractivity contribution in [3.63, 3.8) is 0 Å². The summed E-state index contributed by atoms with van der Waals surface area (Å²) in [4.78, 5) is 38.8. The molecule has 0 radical (unpaired) electrons. The molecule has 0 aromatic heterocycles. The van der Waals surface area contributed by atoms with Crippen molar-refractivity contribution < 1.29 is 14.4 Å². The van der Waals surface area contributed by atoms with Gasteiger partial charge >= 0.3 is 6.03 Å². The highest BCUT2D eigenvalue weighted by molar-refractivity contribution is 6.30. The zero-order chi connectivity index (χ0) is 17.2. The Balaban J connectivity index is 2.07. The van der Waals surface area contributed by atoms with Gasteiger partial charge < -0.3 is 0 Å². The lowest BCUT2D eigenvalue weighted by atomic mass is 9.95. The predicted molar refractivity (Wildman–Crippen MR) is 88.8 cm³/mol. The average Bonchev–Trinajstić information content (AvgIpc) is 2.84. The van der Waals surface area contributed by atoms with Crippen LogP contribution in [0.25, 0.3) is 6.08 Å². The van der Waals surface area contributed by atoms with Crippen LogP contribution < -0.4 is 0 Å². The van der Waals surface area contributed by atoms with Gasteiger partial charge in [-0.2, -0.15) is 0 Å². The van der Waals surface area contributed by atoms with E-state index in [1.807, 2.05) is 0 Å². The summed E-state index contributed by atoms with van der Waals surface area (Å²) in [6, 6.07) is 6.46. The molecule has 23 heavy (non-hydrogen) atoms. The number of rotatable bonds is 2. The third-order valence-corrected chi connectivity index (χ3v) is 3.66. The van der Waals surface area contributed by atoms with Crippen LogP contribution in [0.5, 0.6) is 0 Å². The normalized spacial score (nSPS) is 15.6. The van der Waals surface area contributed by atoms with Crippen molar-refractivity contribution in [2.24, 2.45) is 5.41 Å². The maximum atomic E-state index is 12.3. The molecule has 1 aliphatic heterocycles. The summed E-state index contributed by atoms with van der Waals surface area (Å²) in [6.07, 6.45) is 2.91. The smallest absolute Gasteiger partial charge is 0.274 e. The Hall–Kier alpha value is -2.14. The van der Waals surface area contributed by atoms with Crippen LogP contribution >= 0.6 is 11.6 Å². The first kappa shape index (κ1) is 17.2. The molecule has 1 saturated heterocycles. The number of benzene rings is 1. The van der Waals surface area contributed by atoms with E-state index in [1.54, 1.807) is 51.1 Å². The first-order chi connectivity index (χ1) is 10.7. The van der Waals surface area contributed by atoms with Crippen LogP contribution in [0.4, 0.5) is 4.79 Å². The van der Waals surface area contributed by atoms with Gasteiger partial charge in [-0.05, 0) is 23.8 Å². The minimum Gasteiger partial charge on any atom is -0.274 e. The van der Waals surface area contributed by atoms with Gasteiger partial charge in [0, 0.05) is 29.6 Å². The van der Waals surface area contributed by atoms with E-state index < -0.39 is 17.4 Å². The molecule has 4 amide bonds. The molecule has 1 fully saturated rings. The Labute approximate surface area is 140 Å². The second-order valence-corrected chi connectivity index (χ2v) is 6.80. The summed E-state index contributed by atoms with van der Waals surface area (Å²) in [5, 5.41) is 0.568. The Morgan fingerprint density at radius 3 is 2.43 bits per heavy atom. The van der Waals surface area contributed by atoms with Crippen LogP contribution in [0, 0.1) is 5.41 Å². The number of urea groups is 1. The fourth-order valence-electron chi connectivity index (χ4n) is 2.20. The number of halogens is 1. The van der Waals surface area contributed by atoms with E-state index >= 15 is 0 Å². The quantitative estimate of drug-likeness (QED) is 0.780. The summed E-state index contributed by atoms with van der Waals surface area (Å²) < 4.78 is 0. The van der Waals surface area contributed by atoms with Crippen molar-refractivity contribution in [2.75, 3.05) is 13.1 Å². The second-order valence-electron chi connectivity index (χ2n) is 6.37. The standard InChI is InChI=1S/C17H19ClN2O3/c1-17(2,3)15(22)20-10-9-19(16(20)23)14(21)8-7-12-5-4-6-13(18)11-12/h4-8,11H,9-10H2,1-3H3/b8-7+. The molecule has 0 spiro atoms. The molecule has 122 valence electrons. The van der Waals surface area contributed by atoms with Gasteiger partial charge in [-0.3, -0.25) is 19.4 Å². The largest absolute Gasteiger partial charge is 0.333 e. The maximum Gasteiger partial charge on any atom is 0.333 e. The lowest BCUT2D eigenvalue weighted by Crippen LogP contribution is -2.43. The van der Waals surface area contributed by atoms with Crippen molar-refractivity contribution in [1.82, 2.24) is 9.80 Å². The van der Waals surface area contributed by atoms with Crippen LogP contribution in [0.3, 0.4) is 0 Å². The van der Waals surface area contributed by atoms with Gasteiger partial charge in [0.05, 0.1) is 0 Å². The average molecular weight is 335 g/mol. The van der Waals surface area contributed by atoms with Gasteiger partial charge in [0.2, 0.25) is 5.91 Å². The first-order valence-electron chi connectivity index (χ1n) is 7.31. The van der Waals surface area contributed by atoms with Crippen LogP contribution in [0.15, 0.2) is 30.3 Å². The van der Waals surface area contributed by atoms with Crippen molar-refractivity contribution in [2.45, 2.75) is 20.8 Å². The fourth-order valence-corrected chi connectivity index (χ4v) is 2.40. The lowest BCUT2D eigenvalue weighted by Gasteiger charge is -2.23. The zero-order valence-electron chi connectivity index (χ0n) is 13.4. The first-order valence-corrected chi connectivity index (χ1v) is 7.69. The lowest BCUT2D eigenvalue weighted by molar-refractivity contribution is -0.135. The van der Waals surface area contributed by atoms with Gasteiger partial charge in [-0.25, -0.2) is 4.79 Å². The van der Waals surface area contributed by atoms with Gasteiger partial charge in [0.1, 0.15) is 0 Å². The van der Waals surface area contributed by atoms with Crippen molar-refractivity contribution in [3.05, 3.63) is 40.9 Å². The summed E-state index contributed by atoms with van der Waals surface area (Å²) in [6.45, 7) is 5.66. The van der Waals surface area contributed by atoms with Crippen LogP contribution in [-0.4, -0.2) is 40.7 Å². The highest BCUT2D eigenvalue weighted by Gasteiger charge is 2.39. The molecule has 2 rings (SSSR count). The van der Waals surface area contributed by atoms with E-state index in [-0.39, 0.29) is 19.0 Å². The molecule has 0 bridgehead atoms. The van der Waals surface area contributed by atoms with E-state index in [0.717, 1.165) is 15.4 Å². The summed E-state index contributed by atoms with van der Waals surface area (Å²) in [5.41, 5.74) is 0.103. The monoisotopic (exact) mass is 334 g/mol. The summed E-state index contributed by atoms with van der Waals surface area (Å²) >= 11 is 5.88. The van der Waals surface area contributed by atoms with E-state index in [4.69, 9.17) is 11.6 Å². The number of hydrogen-bond acceptors (Lipinski definition) is 3. The van der Waals surface area contributed by atoms with Crippen LogP contribution in [0.1, 0.15) is 26.3 Å². The molecule has 1 heterocycles. The zero-order valence-corrected chi connectivity index (χ0v) is 14.1. The van der Waals surface area contributed by atoms with Gasteiger partial charge in [0.25, 0.3) is 5.91 Å². The van der Waals surface area contributed by atoms with Crippen molar-refractivity contribution >= 4 is 35.5 Å². The molecule has 1 aromatic rings. The number of imide groups is 2. The van der Waals surface area contributed by atoms with E-state index in [0.29, 0.717) is 5.02 Å². The SMILES string of the molecule is CC(C)(C)C(=O)N1CCN(C(=O)/C=C/c2cccc(Cl)c2)C1=O. The minimum absolute atomic E-state index is 0.208. The molecule has 0 unspecified atom stereocenters. The van der Waals surface area contributed by atoms with E-state index in [9.17, 15) is 14.4 Å². The summed E-state index contributed by atoms with van der Waals surface area (Å²) in [5.74, 6) is -0.726. The number of amides is 4. The number of carbonyl (C=O) groups is 3. The fraction of sp³-hybridized carbons (Fsp3) is 0.353. The van der Waals surface area contributed by atoms with Gasteiger partial charge in [0.15, 0.2) is 0 Å². The number of nitrogens with zero attached hydrogens (tertiary/aromatic N) is 2. The Bertz CT molecular complexity index is 677. The second kappa shape index (κ2) is 6.54. The molecule has 6 heteroatoms. The summed E-state index contributed by atoms with van der Waals surface area (Å²) in [7, 11) is 0. The topological polar surface area (TPSA) is 57.7 Å². The van der Waals surface area contributed by atoms with E-state index in [2.05, 4.69) is 0 Å². The molecule has 1 aliphatic rings. The van der Waals surface area contributed by atoms with Crippen LogP contribution in [-0.2, 0) is 9.59 Å². The van der Waals surface area contributed by atoms with Gasteiger partial charge in [-0.15, -0.1) is 0 Å². The molecule has 0 aliphatic carbocycles. The molecule has 5 nitrogen and oxygen atoms in total. The number of hydrogen-bond donors (Lipinski definition) is 0. The molecule has 0 saturated carbocycles. The third kappa shape index (κ3) is 3.99. The minimum atomic E-state index is -0.661. The maximum absolute atomic E-state index is 12.3. The van der Waals surface area contributed by atoms with Crippen molar-refractivity contribution in [3.8, 4) is 0 Å². The van der Waals surface area contributed by atoms with Crippen LogP contribution in [0.2, 0.25) is 5.02 Å². The van der Waals surface area contributed by atoms with Crippen molar-refractivity contribution in [1.29, 1.82) is 0 Å².